The number of benzene rings is 3. The molecule has 0 aliphatic carbocycles. The molecule has 2 heterocycles. The van der Waals surface area contributed by atoms with E-state index in [1.165, 1.54) is 0 Å². The van der Waals surface area contributed by atoms with Gasteiger partial charge in [0.15, 0.2) is 0 Å². The highest BCUT2D eigenvalue weighted by Crippen LogP contribution is 2.22. The lowest BCUT2D eigenvalue weighted by atomic mass is 10.2. The highest BCUT2D eigenvalue weighted by Gasteiger charge is 2.00. The van der Waals surface area contributed by atoms with Gasteiger partial charge >= 0.3 is 0 Å². The van der Waals surface area contributed by atoms with Gasteiger partial charge in [-0.05, 0) is 62.7 Å². The van der Waals surface area contributed by atoms with Gasteiger partial charge in [0.05, 0.1) is 0 Å². The van der Waals surface area contributed by atoms with Crippen molar-refractivity contribution in [1.82, 2.24) is 9.97 Å². The summed E-state index contributed by atoms with van der Waals surface area (Å²) in [5.74, 6) is 0.831. The maximum absolute atomic E-state index is 9.43. The fourth-order valence-corrected chi connectivity index (χ4v) is 3.09. The third kappa shape index (κ3) is 5.95. The van der Waals surface area contributed by atoms with E-state index in [9.17, 15) is 10.2 Å². The molecule has 5 rings (SSSR count). The van der Waals surface area contributed by atoms with Crippen molar-refractivity contribution in [2.24, 2.45) is 0 Å². The van der Waals surface area contributed by atoms with Gasteiger partial charge in [-0.15, -0.1) is 0 Å². The predicted molar refractivity (Wildman–Crippen MR) is 129 cm³/mol. The number of phenols is 3. The summed E-state index contributed by atoms with van der Waals surface area (Å²) in [5.41, 5.74) is 4.29. The van der Waals surface area contributed by atoms with Crippen molar-refractivity contribution >= 4 is 21.8 Å². The van der Waals surface area contributed by atoms with Crippen LogP contribution in [0.2, 0.25) is 0 Å². The Hall–Kier alpha value is -4.12. The number of phenolic OH excluding ortho intramolecular Hbond substituents is 3. The van der Waals surface area contributed by atoms with Crippen LogP contribution < -0.4 is 0 Å². The molecule has 32 heavy (non-hydrogen) atoms. The normalized spacial score (nSPS) is 10.1. The largest absolute Gasteiger partial charge is 0.508 e. The number of aromatic hydroxyl groups is 3. The molecule has 162 valence electrons. The van der Waals surface area contributed by atoms with E-state index in [1.807, 2.05) is 81.4 Å². The van der Waals surface area contributed by atoms with Gasteiger partial charge in [0.1, 0.15) is 28.3 Å². The predicted octanol–water partition coefficient (Wildman–Crippen LogP) is 6.20. The second kappa shape index (κ2) is 10.3. The molecule has 3 aromatic carbocycles. The zero-order valence-electron chi connectivity index (χ0n) is 18.3. The van der Waals surface area contributed by atoms with E-state index in [1.54, 1.807) is 24.3 Å². The summed E-state index contributed by atoms with van der Waals surface area (Å²) in [6, 6.07) is 25.7. The Morgan fingerprint density at radius 2 is 1.00 bits per heavy atom. The van der Waals surface area contributed by atoms with Crippen LogP contribution >= 0.6 is 0 Å². The molecular weight excluding hydrogens is 400 g/mol. The van der Waals surface area contributed by atoms with Crippen molar-refractivity contribution < 1.29 is 15.3 Å². The lowest BCUT2D eigenvalue weighted by Crippen LogP contribution is -1.82. The molecule has 0 fully saturated rings. The molecule has 0 bridgehead atoms. The quantitative estimate of drug-likeness (QED) is 0.274. The molecule has 5 heteroatoms. The first-order valence-electron chi connectivity index (χ1n) is 10.2. The van der Waals surface area contributed by atoms with E-state index in [-0.39, 0.29) is 11.5 Å². The summed E-state index contributed by atoms with van der Waals surface area (Å²) in [6.45, 7) is 5.76. The molecule has 0 atom stereocenters. The summed E-state index contributed by atoms with van der Waals surface area (Å²) in [4.78, 5) is 8.45. The fraction of sp³-hybridized carbons (Fsp3) is 0.111. The number of pyridine rings is 2. The molecule has 5 nitrogen and oxygen atoms in total. The first-order valence-corrected chi connectivity index (χ1v) is 10.2. The minimum absolute atomic E-state index is 0.246. The van der Waals surface area contributed by atoms with Crippen molar-refractivity contribution in [2.75, 3.05) is 0 Å². The fourth-order valence-electron chi connectivity index (χ4n) is 3.09. The Morgan fingerprint density at radius 3 is 1.41 bits per heavy atom. The molecule has 0 saturated carbocycles. The van der Waals surface area contributed by atoms with Gasteiger partial charge in [-0.2, -0.15) is 0 Å². The van der Waals surface area contributed by atoms with Gasteiger partial charge in [-0.1, -0.05) is 48.5 Å². The second-order valence-corrected chi connectivity index (χ2v) is 7.44. The minimum Gasteiger partial charge on any atom is -0.508 e. The topological polar surface area (TPSA) is 86.5 Å². The van der Waals surface area contributed by atoms with Crippen LogP contribution in [0.15, 0.2) is 84.9 Å². The van der Waals surface area contributed by atoms with Crippen molar-refractivity contribution in [2.45, 2.75) is 20.8 Å². The van der Waals surface area contributed by atoms with Crippen molar-refractivity contribution in [3.63, 3.8) is 0 Å². The maximum Gasteiger partial charge on any atom is 0.141 e. The lowest BCUT2D eigenvalue weighted by molar-refractivity contribution is 0.475. The van der Waals surface area contributed by atoms with Crippen LogP contribution in [0.4, 0.5) is 0 Å². The first-order chi connectivity index (χ1) is 15.3. The van der Waals surface area contributed by atoms with Gasteiger partial charge < -0.3 is 15.3 Å². The van der Waals surface area contributed by atoms with Crippen LogP contribution in [0.25, 0.3) is 21.8 Å². The Balaban J connectivity index is 0.000000139. The molecule has 3 N–H and O–H groups in total. The third-order valence-electron chi connectivity index (χ3n) is 4.68. The monoisotopic (exact) mass is 426 g/mol. The second-order valence-electron chi connectivity index (χ2n) is 7.44. The Morgan fingerprint density at radius 1 is 0.531 bits per heavy atom. The number of hydrogen-bond donors (Lipinski definition) is 3. The zero-order valence-corrected chi connectivity index (χ0v) is 18.3. The number of para-hydroxylation sites is 2. The average Bonchev–Trinajstić information content (AvgIpc) is 2.76. The van der Waals surface area contributed by atoms with E-state index < -0.39 is 0 Å². The van der Waals surface area contributed by atoms with E-state index in [0.717, 1.165) is 27.7 Å². The Kier molecular flexibility index (Phi) is 7.24. The molecule has 0 saturated heterocycles. The first kappa shape index (κ1) is 22.6. The molecule has 0 spiro atoms. The summed E-state index contributed by atoms with van der Waals surface area (Å²) < 4.78 is 0. The van der Waals surface area contributed by atoms with Gasteiger partial charge in [-0.25, -0.2) is 9.97 Å². The number of nitrogens with zero attached hydrogens (tertiary/aromatic N) is 2. The van der Waals surface area contributed by atoms with Crippen LogP contribution in [0.5, 0.6) is 17.2 Å². The molecule has 5 aromatic rings. The number of fused-ring (bicyclic) bond motifs is 2. The number of hydrogen-bond acceptors (Lipinski definition) is 5. The summed E-state index contributed by atoms with van der Waals surface area (Å²) in [6.07, 6.45) is 0. The number of aryl methyl sites for hydroxylation is 3. The molecule has 0 aliphatic heterocycles. The van der Waals surface area contributed by atoms with Crippen LogP contribution in [0.1, 0.15) is 17.0 Å². The molecule has 2 aromatic heterocycles. The lowest BCUT2D eigenvalue weighted by Gasteiger charge is -1.99. The van der Waals surface area contributed by atoms with Crippen LogP contribution in [0.3, 0.4) is 0 Å². The van der Waals surface area contributed by atoms with Gasteiger partial charge in [0.25, 0.3) is 0 Å². The summed E-state index contributed by atoms with van der Waals surface area (Å²) in [5, 5.41) is 29.6. The highest BCUT2D eigenvalue weighted by atomic mass is 16.3. The van der Waals surface area contributed by atoms with E-state index >= 15 is 0 Å². The average molecular weight is 427 g/mol. The van der Waals surface area contributed by atoms with Crippen LogP contribution in [0, 0.1) is 20.8 Å². The molecule has 0 radical (unpaired) electrons. The van der Waals surface area contributed by atoms with E-state index in [2.05, 4.69) is 9.97 Å². The van der Waals surface area contributed by atoms with Gasteiger partial charge in [0.2, 0.25) is 0 Å². The zero-order chi connectivity index (χ0) is 23.1. The van der Waals surface area contributed by atoms with Crippen LogP contribution in [-0.4, -0.2) is 25.3 Å². The highest BCUT2D eigenvalue weighted by molar-refractivity contribution is 5.84. The van der Waals surface area contributed by atoms with Crippen molar-refractivity contribution in [1.29, 1.82) is 0 Å². The van der Waals surface area contributed by atoms with Crippen molar-refractivity contribution in [3.05, 3.63) is 102 Å². The molecule has 0 aliphatic rings. The smallest absolute Gasteiger partial charge is 0.141 e. The van der Waals surface area contributed by atoms with Crippen LogP contribution in [-0.2, 0) is 0 Å². The molecular formula is C27H26N2O3. The van der Waals surface area contributed by atoms with Gasteiger partial charge in [0, 0.05) is 22.2 Å². The molecule has 0 unspecified atom stereocenters. The van der Waals surface area contributed by atoms with Gasteiger partial charge in [-0.3, -0.25) is 0 Å². The maximum atomic E-state index is 9.43. The van der Waals surface area contributed by atoms with E-state index in [4.69, 9.17) is 5.11 Å². The summed E-state index contributed by atoms with van der Waals surface area (Å²) in [7, 11) is 0. The number of aromatic nitrogens is 2. The molecule has 0 amide bonds. The number of rotatable bonds is 0. The SMILES string of the molecule is Cc1ccc2cccc(O)c2n1.Cc1ccc2cccc(O)c2n1.Cc1cccc(O)c1. The summed E-state index contributed by atoms with van der Waals surface area (Å²) >= 11 is 0. The third-order valence-corrected chi connectivity index (χ3v) is 4.68. The standard InChI is InChI=1S/2C10H9NO.C7H8O/c2*1-7-5-6-8-3-2-4-9(12)10(8)11-7;1-6-3-2-4-7(8)5-6/h2*2-6,12H,1H3;2-5,8H,1H3. The minimum atomic E-state index is 0.246. The Labute approximate surface area is 187 Å². The van der Waals surface area contributed by atoms with E-state index in [0.29, 0.717) is 16.8 Å². The Bertz CT molecular complexity index is 1250. The van der Waals surface area contributed by atoms with Crippen molar-refractivity contribution in [3.8, 4) is 17.2 Å².